The van der Waals surface area contributed by atoms with Gasteiger partial charge in [0.2, 0.25) is 0 Å². The molecule has 1 aromatic rings. The maximum atomic E-state index is 12.0. The maximum Gasteiger partial charge on any atom is 0.317 e. The van der Waals surface area contributed by atoms with E-state index < -0.39 is 11.9 Å². The van der Waals surface area contributed by atoms with Crippen LogP contribution < -0.4 is 5.32 Å². The molecule has 1 saturated heterocycles. The summed E-state index contributed by atoms with van der Waals surface area (Å²) in [4.78, 5) is 30.1. The Labute approximate surface area is 121 Å². The van der Waals surface area contributed by atoms with Crippen molar-refractivity contribution in [1.29, 1.82) is 0 Å². The van der Waals surface area contributed by atoms with Gasteiger partial charge in [-0.25, -0.2) is 9.78 Å². The zero-order valence-corrected chi connectivity index (χ0v) is 12.5. The van der Waals surface area contributed by atoms with Gasteiger partial charge in [-0.3, -0.25) is 4.79 Å². The van der Waals surface area contributed by atoms with Crippen LogP contribution in [0.25, 0.3) is 0 Å². The molecule has 2 rings (SSSR count). The summed E-state index contributed by atoms with van der Waals surface area (Å²) in [7, 11) is 0. The molecule has 2 amide bonds. The van der Waals surface area contributed by atoms with Crippen molar-refractivity contribution < 1.29 is 14.7 Å². The number of aryl methyl sites for hydroxylation is 2. The fourth-order valence-electron chi connectivity index (χ4n) is 2.24. The van der Waals surface area contributed by atoms with E-state index in [0.717, 1.165) is 22.0 Å². The van der Waals surface area contributed by atoms with Crippen molar-refractivity contribution in [2.45, 2.75) is 33.2 Å². The Morgan fingerprint density at radius 3 is 2.85 bits per heavy atom. The molecule has 1 aliphatic rings. The third kappa shape index (κ3) is 3.47. The Kier molecular flexibility index (Phi) is 4.59. The second kappa shape index (κ2) is 6.21. The summed E-state index contributed by atoms with van der Waals surface area (Å²) in [6.45, 7) is 5.24. The van der Waals surface area contributed by atoms with Crippen molar-refractivity contribution in [3.8, 4) is 0 Å². The van der Waals surface area contributed by atoms with Gasteiger partial charge in [-0.05, 0) is 26.7 Å². The number of rotatable bonds is 3. The number of amides is 2. The summed E-state index contributed by atoms with van der Waals surface area (Å²) >= 11 is 1.57. The van der Waals surface area contributed by atoms with Gasteiger partial charge in [0.15, 0.2) is 0 Å². The minimum Gasteiger partial charge on any atom is -0.481 e. The number of carboxylic acid groups (broad SMARTS) is 1. The largest absolute Gasteiger partial charge is 0.481 e. The Hall–Kier alpha value is -1.63. The molecule has 0 aromatic carbocycles. The maximum absolute atomic E-state index is 12.0. The van der Waals surface area contributed by atoms with Crippen molar-refractivity contribution in [3.05, 3.63) is 15.6 Å². The van der Waals surface area contributed by atoms with Crippen LogP contribution in [0.3, 0.4) is 0 Å². The highest BCUT2D eigenvalue weighted by Crippen LogP contribution is 2.18. The van der Waals surface area contributed by atoms with Crippen LogP contribution in [0.15, 0.2) is 0 Å². The minimum absolute atomic E-state index is 0.207. The molecule has 0 spiro atoms. The SMILES string of the molecule is Cc1nc(CNC(=O)N2CCCC(C(=O)O)C2)sc1C. The van der Waals surface area contributed by atoms with Crippen molar-refractivity contribution in [2.24, 2.45) is 5.92 Å². The smallest absolute Gasteiger partial charge is 0.317 e. The lowest BCUT2D eigenvalue weighted by Gasteiger charge is -2.30. The lowest BCUT2D eigenvalue weighted by molar-refractivity contribution is -0.143. The third-order valence-electron chi connectivity index (χ3n) is 3.52. The molecule has 20 heavy (non-hydrogen) atoms. The van der Waals surface area contributed by atoms with E-state index in [9.17, 15) is 9.59 Å². The summed E-state index contributed by atoms with van der Waals surface area (Å²) in [6.07, 6.45) is 1.38. The fourth-order valence-corrected chi connectivity index (χ4v) is 3.11. The Bertz CT molecular complexity index is 495. The van der Waals surface area contributed by atoms with E-state index in [2.05, 4.69) is 10.3 Å². The number of carbonyl (C=O) groups is 2. The number of carbonyl (C=O) groups excluding carboxylic acids is 1. The Morgan fingerprint density at radius 2 is 2.25 bits per heavy atom. The number of likely N-dealkylation sites (tertiary alicyclic amines) is 1. The molecule has 7 heteroatoms. The van der Waals surface area contributed by atoms with Gasteiger partial charge in [0, 0.05) is 18.0 Å². The number of aliphatic carboxylic acids is 1. The van der Waals surface area contributed by atoms with E-state index in [1.165, 1.54) is 0 Å². The average molecular weight is 297 g/mol. The molecular formula is C13H19N3O3S. The van der Waals surface area contributed by atoms with Crippen molar-refractivity contribution in [2.75, 3.05) is 13.1 Å². The van der Waals surface area contributed by atoms with Crippen LogP contribution in [-0.2, 0) is 11.3 Å². The van der Waals surface area contributed by atoms with Gasteiger partial charge in [0.1, 0.15) is 5.01 Å². The number of nitrogens with one attached hydrogen (secondary N) is 1. The monoisotopic (exact) mass is 297 g/mol. The molecule has 1 atom stereocenters. The molecule has 1 aromatic heterocycles. The van der Waals surface area contributed by atoms with Crippen LogP contribution in [-0.4, -0.2) is 40.1 Å². The van der Waals surface area contributed by atoms with Gasteiger partial charge in [0.05, 0.1) is 18.2 Å². The quantitative estimate of drug-likeness (QED) is 0.890. The molecule has 0 bridgehead atoms. The zero-order valence-electron chi connectivity index (χ0n) is 11.7. The van der Waals surface area contributed by atoms with Crippen LogP contribution in [0.2, 0.25) is 0 Å². The number of aromatic nitrogens is 1. The van der Waals surface area contributed by atoms with Crippen LogP contribution in [0, 0.1) is 19.8 Å². The van der Waals surface area contributed by atoms with Crippen molar-refractivity contribution in [3.63, 3.8) is 0 Å². The standard InChI is InChI=1S/C13H19N3O3S/c1-8-9(2)20-11(15-8)6-14-13(19)16-5-3-4-10(7-16)12(17)18/h10H,3-7H2,1-2H3,(H,14,19)(H,17,18). The first-order valence-electron chi connectivity index (χ1n) is 6.66. The summed E-state index contributed by atoms with van der Waals surface area (Å²) in [5, 5.41) is 12.7. The first-order valence-corrected chi connectivity index (χ1v) is 7.47. The van der Waals surface area contributed by atoms with Crippen LogP contribution in [0.4, 0.5) is 4.79 Å². The third-order valence-corrected chi connectivity index (χ3v) is 4.59. The molecule has 1 aliphatic heterocycles. The summed E-state index contributed by atoms with van der Waals surface area (Å²) < 4.78 is 0. The van der Waals surface area contributed by atoms with Gasteiger partial charge in [-0.15, -0.1) is 11.3 Å². The average Bonchev–Trinajstić information content (AvgIpc) is 2.75. The highest BCUT2D eigenvalue weighted by Gasteiger charge is 2.28. The van der Waals surface area contributed by atoms with Gasteiger partial charge in [-0.2, -0.15) is 0 Å². The summed E-state index contributed by atoms with van der Waals surface area (Å²) in [6, 6.07) is -0.207. The minimum atomic E-state index is -0.825. The number of thiazole rings is 1. The van der Waals surface area contributed by atoms with Gasteiger partial charge in [0.25, 0.3) is 0 Å². The normalized spacial score (nSPS) is 18.9. The fraction of sp³-hybridized carbons (Fsp3) is 0.615. The second-order valence-corrected chi connectivity index (χ2v) is 6.32. The molecule has 0 saturated carbocycles. The molecule has 1 fully saturated rings. The first kappa shape index (κ1) is 14.8. The Balaban J connectivity index is 1.86. The zero-order chi connectivity index (χ0) is 14.7. The van der Waals surface area contributed by atoms with Crippen molar-refractivity contribution in [1.82, 2.24) is 15.2 Å². The summed E-state index contributed by atoms with van der Waals surface area (Å²) in [5.74, 6) is -1.27. The van der Waals surface area contributed by atoms with Crippen LogP contribution in [0.1, 0.15) is 28.4 Å². The van der Waals surface area contributed by atoms with E-state index in [0.29, 0.717) is 19.5 Å². The predicted octanol–water partition coefficient (Wildman–Crippen LogP) is 1.77. The molecule has 6 nitrogen and oxygen atoms in total. The number of hydrogen-bond acceptors (Lipinski definition) is 4. The molecule has 1 unspecified atom stereocenters. The van der Waals surface area contributed by atoms with Crippen LogP contribution >= 0.6 is 11.3 Å². The van der Waals surface area contributed by atoms with Gasteiger partial charge < -0.3 is 15.3 Å². The van der Waals surface area contributed by atoms with Crippen molar-refractivity contribution >= 4 is 23.3 Å². The molecule has 0 radical (unpaired) electrons. The van der Waals surface area contributed by atoms with E-state index in [1.54, 1.807) is 16.2 Å². The van der Waals surface area contributed by atoms with Crippen LogP contribution in [0.5, 0.6) is 0 Å². The topological polar surface area (TPSA) is 82.5 Å². The molecular weight excluding hydrogens is 278 g/mol. The number of urea groups is 1. The lowest BCUT2D eigenvalue weighted by atomic mass is 9.99. The number of hydrogen-bond donors (Lipinski definition) is 2. The number of carboxylic acids is 1. The van der Waals surface area contributed by atoms with E-state index in [4.69, 9.17) is 5.11 Å². The number of piperidine rings is 1. The van der Waals surface area contributed by atoms with E-state index in [-0.39, 0.29) is 12.6 Å². The molecule has 0 aliphatic carbocycles. The molecule has 110 valence electrons. The van der Waals surface area contributed by atoms with E-state index >= 15 is 0 Å². The lowest BCUT2D eigenvalue weighted by Crippen LogP contribution is -2.46. The summed E-state index contributed by atoms with van der Waals surface area (Å²) in [5.41, 5.74) is 0.989. The molecule has 2 N–H and O–H groups in total. The Morgan fingerprint density at radius 1 is 1.50 bits per heavy atom. The highest BCUT2D eigenvalue weighted by atomic mass is 32.1. The van der Waals surface area contributed by atoms with Gasteiger partial charge in [-0.1, -0.05) is 0 Å². The highest BCUT2D eigenvalue weighted by molar-refractivity contribution is 7.11. The molecule has 2 heterocycles. The first-order chi connectivity index (χ1) is 9.47. The predicted molar refractivity (Wildman–Crippen MR) is 75.8 cm³/mol. The van der Waals surface area contributed by atoms with E-state index in [1.807, 2.05) is 13.8 Å². The number of nitrogens with zero attached hydrogens (tertiary/aromatic N) is 2. The van der Waals surface area contributed by atoms with Gasteiger partial charge >= 0.3 is 12.0 Å². The second-order valence-electron chi connectivity index (χ2n) is 5.03.